The van der Waals surface area contributed by atoms with Gasteiger partial charge in [-0.05, 0) is 45.3 Å². The number of carbonyl (C=O) groups excluding carboxylic acids is 2. The van der Waals surface area contributed by atoms with Crippen LogP contribution in [0.4, 0.5) is 0 Å². The van der Waals surface area contributed by atoms with Crippen molar-refractivity contribution in [3.63, 3.8) is 0 Å². The molecule has 0 bridgehead atoms. The van der Waals surface area contributed by atoms with E-state index in [2.05, 4.69) is 4.98 Å². The molecule has 1 N–H and O–H groups in total. The van der Waals surface area contributed by atoms with Gasteiger partial charge in [0.15, 0.2) is 5.78 Å². The lowest BCUT2D eigenvalue weighted by Gasteiger charge is -2.20. The molecule has 0 radical (unpaired) electrons. The van der Waals surface area contributed by atoms with Crippen LogP contribution in [0.3, 0.4) is 0 Å². The molecule has 2 aliphatic rings. The number of nitrogens with zero attached hydrogens (tertiary/aromatic N) is 1. The zero-order valence-electron chi connectivity index (χ0n) is 14.7. The Morgan fingerprint density at radius 3 is 2.76 bits per heavy atom. The van der Waals surface area contributed by atoms with E-state index >= 15 is 0 Å². The number of allylic oxidation sites excluding steroid dienone is 1. The molecule has 25 heavy (non-hydrogen) atoms. The fraction of sp³-hybridized carbons (Fsp3) is 0.526. The lowest BCUT2D eigenvalue weighted by Crippen LogP contribution is -2.25. The molecule has 0 saturated carbocycles. The standard InChI is InChI=1S/C19H23NO5/c1-19(2,3)25-15(22)9-11-6-7-13(21)12-5-4-8-20-17(12)16(11)18(23)14-10-24-14/h4-5,8-9,13-14,16,21H,6-7,10H2,1-3H3/b11-9-. The van der Waals surface area contributed by atoms with Gasteiger partial charge in [-0.1, -0.05) is 6.07 Å². The Bertz CT molecular complexity index is 715. The topological polar surface area (TPSA) is 89.0 Å². The first kappa shape index (κ1) is 17.8. The molecule has 134 valence electrons. The number of aliphatic hydroxyl groups is 1. The highest BCUT2D eigenvalue weighted by Crippen LogP contribution is 2.40. The number of ketones is 1. The van der Waals surface area contributed by atoms with Crippen molar-refractivity contribution in [1.82, 2.24) is 4.98 Å². The van der Waals surface area contributed by atoms with E-state index < -0.39 is 29.7 Å². The number of aromatic nitrogens is 1. The maximum Gasteiger partial charge on any atom is 0.331 e. The van der Waals surface area contributed by atoms with Gasteiger partial charge < -0.3 is 14.6 Å². The Morgan fingerprint density at radius 1 is 1.40 bits per heavy atom. The predicted octanol–water partition coefficient (Wildman–Crippen LogP) is 2.23. The molecule has 1 saturated heterocycles. The smallest absolute Gasteiger partial charge is 0.331 e. The second kappa shape index (κ2) is 6.69. The lowest BCUT2D eigenvalue weighted by molar-refractivity contribution is -0.148. The van der Waals surface area contributed by atoms with Crippen molar-refractivity contribution in [3.8, 4) is 0 Å². The molecule has 3 atom stereocenters. The molecule has 0 amide bonds. The Labute approximate surface area is 146 Å². The molecule has 6 nitrogen and oxygen atoms in total. The summed E-state index contributed by atoms with van der Waals surface area (Å²) in [6.45, 7) is 5.76. The van der Waals surface area contributed by atoms with Gasteiger partial charge in [0, 0.05) is 17.8 Å². The van der Waals surface area contributed by atoms with Crippen LogP contribution in [0.1, 0.15) is 56.9 Å². The monoisotopic (exact) mass is 345 g/mol. The molecule has 1 aromatic rings. The normalized spacial score (nSPS) is 27.4. The van der Waals surface area contributed by atoms with Crippen molar-refractivity contribution in [2.24, 2.45) is 0 Å². The van der Waals surface area contributed by atoms with Gasteiger partial charge in [0.1, 0.15) is 11.7 Å². The molecule has 0 aromatic carbocycles. The summed E-state index contributed by atoms with van der Waals surface area (Å²) in [6.07, 6.45) is 2.63. The highest BCUT2D eigenvalue weighted by atomic mass is 16.6. The van der Waals surface area contributed by atoms with Crippen LogP contribution in [0, 0.1) is 0 Å². The largest absolute Gasteiger partial charge is 0.457 e. The molecule has 1 aliphatic carbocycles. The summed E-state index contributed by atoms with van der Waals surface area (Å²) in [4.78, 5) is 29.4. The van der Waals surface area contributed by atoms with Crippen LogP contribution >= 0.6 is 0 Å². The highest BCUT2D eigenvalue weighted by Gasteiger charge is 2.42. The summed E-state index contributed by atoms with van der Waals surface area (Å²) in [5.74, 6) is -1.30. The molecule has 0 spiro atoms. The van der Waals surface area contributed by atoms with Gasteiger partial charge in [0.05, 0.1) is 24.3 Å². The number of rotatable bonds is 3. The first-order valence-electron chi connectivity index (χ1n) is 8.48. The number of epoxide rings is 1. The summed E-state index contributed by atoms with van der Waals surface area (Å²) < 4.78 is 10.5. The quantitative estimate of drug-likeness (QED) is 0.391. The van der Waals surface area contributed by atoms with Crippen molar-refractivity contribution in [1.29, 1.82) is 0 Å². The number of carbonyl (C=O) groups is 2. The molecule has 6 heteroatoms. The van der Waals surface area contributed by atoms with E-state index in [0.717, 1.165) is 0 Å². The first-order valence-corrected chi connectivity index (χ1v) is 8.48. The third kappa shape index (κ3) is 4.14. The summed E-state index contributed by atoms with van der Waals surface area (Å²) in [7, 11) is 0. The Kier molecular flexibility index (Phi) is 4.75. The van der Waals surface area contributed by atoms with Crippen LogP contribution in [0.25, 0.3) is 0 Å². The minimum atomic E-state index is -0.719. The van der Waals surface area contributed by atoms with E-state index in [1.807, 2.05) is 0 Å². The molecule has 1 aromatic heterocycles. The average Bonchev–Trinajstić information content (AvgIpc) is 3.35. The Morgan fingerprint density at radius 2 is 2.12 bits per heavy atom. The van der Waals surface area contributed by atoms with Gasteiger partial charge >= 0.3 is 5.97 Å². The summed E-state index contributed by atoms with van der Waals surface area (Å²) >= 11 is 0. The summed E-state index contributed by atoms with van der Waals surface area (Å²) in [5.41, 5.74) is 1.14. The van der Waals surface area contributed by atoms with Gasteiger partial charge in [-0.3, -0.25) is 9.78 Å². The number of pyridine rings is 1. The van der Waals surface area contributed by atoms with Gasteiger partial charge in [0.2, 0.25) is 0 Å². The van der Waals surface area contributed by atoms with E-state index in [0.29, 0.717) is 36.3 Å². The fourth-order valence-corrected chi connectivity index (χ4v) is 3.09. The Balaban J connectivity index is 2.01. The van der Waals surface area contributed by atoms with E-state index in [1.165, 1.54) is 6.08 Å². The van der Waals surface area contributed by atoms with Crippen LogP contribution in [-0.4, -0.2) is 40.2 Å². The molecule has 2 heterocycles. The second-order valence-corrected chi connectivity index (χ2v) is 7.44. The minimum Gasteiger partial charge on any atom is -0.457 e. The lowest BCUT2D eigenvalue weighted by atomic mass is 9.87. The second-order valence-electron chi connectivity index (χ2n) is 7.44. The molecule has 1 fully saturated rings. The highest BCUT2D eigenvalue weighted by molar-refractivity contribution is 5.96. The van der Waals surface area contributed by atoms with E-state index in [9.17, 15) is 14.7 Å². The van der Waals surface area contributed by atoms with Crippen LogP contribution in [-0.2, 0) is 19.1 Å². The van der Waals surface area contributed by atoms with Crippen LogP contribution in [0.2, 0.25) is 0 Å². The zero-order valence-corrected chi connectivity index (χ0v) is 14.7. The summed E-state index contributed by atoms with van der Waals surface area (Å²) in [5, 5.41) is 10.4. The van der Waals surface area contributed by atoms with Gasteiger partial charge in [-0.15, -0.1) is 0 Å². The van der Waals surface area contributed by atoms with Crippen LogP contribution in [0.5, 0.6) is 0 Å². The molecule has 1 aliphatic heterocycles. The van der Waals surface area contributed by atoms with E-state index in [4.69, 9.17) is 9.47 Å². The number of esters is 1. The first-order chi connectivity index (χ1) is 11.8. The minimum absolute atomic E-state index is 0.121. The van der Waals surface area contributed by atoms with Crippen LogP contribution < -0.4 is 0 Å². The maximum atomic E-state index is 12.8. The average molecular weight is 345 g/mol. The van der Waals surface area contributed by atoms with Crippen LogP contribution in [0.15, 0.2) is 30.0 Å². The molecular weight excluding hydrogens is 322 g/mol. The number of hydrogen-bond donors (Lipinski definition) is 1. The number of hydrogen-bond acceptors (Lipinski definition) is 6. The number of Topliss-reactive ketones (excluding diaryl/α,β-unsaturated/α-hetero) is 1. The van der Waals surface area contributed by atoms with Crippen molar-refractivity contribution < 1.29 is 24.2 Å². The zero-order chi connectivity index (χ0) is 18.2. The van der Waals surface area contributed by atoms with Crippen molar-refractivity contribution in [2.75, 3.05) is 6.61 Å². The van der Waals surface area contributed by atoms with Gasteiger partial charge in [0.25, 0.3) is 0 Å². The third-order valence-corrected chi connectivity index (χ3v) is 4.23. The third-order valence-electron chi connectivity index (χ3n) is 4.23. The fourth-order valence-electron chi connectivity index (χ4n) is 3.09. The van der Waals surface area contributed by atoms with Gasteiger partial charge in [-0.25, -0.2) is 4.79 Å². The number of aliphatic hydroxyl groups excluding tert-OH is 1. The van der Waals surface area contributed by atoms with Crippen molar-refractivity contribution >= 4 is 11.8 Å². The molecular formula is C19H23NO5. The van der Waals surface area contributed by atoms with E-state index in [1.54, 1.807) is 39.1 Å². The van der Waals surface area contributed by atoms with Crippen molar-refractivity contribution in [3.05, 3.63) is 41.2 Å². The number of fused-ring (bicyclic) bond motifs is 1. The van der Waals surface area contributed by atoms with Gasteiger partial charge in [-0.2, -0.15) is 0 Å². The van der Waals surface area contributed by atoms with E-state index in [-0.39, 0.29) is 5.78 Å². The predicted molar refractivity (Wildman–Crippen MR) is 89.8 cm³/mol. The molecule has 3 rings (SSSR count). The number of ether oxygens (including phenoxy) is 2. The SMILES string of the molecule is CC(C)(C)OC(=O)/C=C1/CCC(O)c2cccnc2C1C(=O)C1CO1. The maximum absolute atomic E-state index is 12.8. The van der Waals surface area contributed by atoms with Crippen molar-refractivity contribution in [2.45, 2.75) is 57.3 Å². The molecule has 3 unspecified atom stereocenters. The Hall–Kier alpha value is -2.05. The summed E-state index contributed by atoms with van der Waals surface area (Å²) in [6, 6.07) is 3.51.